The summed E-state index contributed by atoms with van der Waals surface area (Å²) in [5, 5.41) is 2.74. The summed E-state index contributed by atoms with van der Waals surface area (Å²) in [7, 11) is 0. The van der Waals surface area contributed by atoms with Crippen molar-refractivity contribution in [1.82, 2.24) is 4.90 Å². The van der Waals surface area contributed by atoms with E-state index >= 15 is 0 Å². The van der Waals surface area contributed by atoms with Crippen LogP contribution in [0.2, 0.25) is 0 Å². The number of hydrogen-bond acceptors (Lipinski definition) is 5. The van der Waals surface area contributed by atoms with Gasteiger partial charge in [-0.15, -0.1) is 0 Å². The molecule has 0 saturated carbocycles. The maximum Gasteiger partial charge on any atom is 0.325 e. The van der Waals surface area contributed by atoms with Gasteiger partial charge in [0.25, 0.3) is 0 Å². The van der Waals surface area contributed by atoms with E-state index in [9.17, 15) is 14.4 Å². The van der Waals surface area contributed by atoms with E-state index in [-0.39, 0.29) is 31.1 Å². The van der Waals surface area contributed by atoms with E-state index in [2.05, 4.69) is 5.32 Å². The van der Waals surface area contributed by atoms with Crippen LogP contribution >= 0.6 is 0 Å². The molecular weight excluding hydrogens is 362 g/mol. The number of hydrogen-bond donors (Lipinski definition) is 1. The monoisotopic (exact) mass is 381 g/mol. The van der Waals surface area contributed by atoms with Crippen LogP contribution < -0.4 is 19.7 Å². The molecule has 4 rings (SSSR count). The Balaban J connectivity index is 1.37. The minimum absolute atomic E-state index is 0.0378. The van der Waals surface area contributed by atoms with Gasteiger partial charge in [0.15, 0.2) is 17.3 Å². The number of urea groups is 1. The van der Waals surface area contributed by atoms with Crippen molar-refractivity contribution in [3.63, 3.8) is 0 Å². The van der Waals surface area contributed by atoms with Crippen LogP contribution in [0.1, 0.15) is 17.3 Å². The Morgan fingerprint density at radius 1 is 1.04 bits per heavy atom. The Morgan fingerprint density at radius 3 is 2.54 bits per heavy atom. The average Bonchev–Trinajstić information content (AvgIpc) is 3.28. The molecule has 3 amide bonds. The Kier molecular flexibility index (Phi) is 4.60. The summed E-state index contributed by atoms with van der Waals surface area (Å²) in [6.07, 6.45) is 0. The highest BCUT2D eigenvalue weighted by Gasteiger charge is 2.31. The van der Waals surface area contributed by atoms with Crippen LogP contribution in [-0.4, -0.2) is 49.0 Å². The molecule has 144 valence electrons. The van der Waals surface area contributed by atoms with E-state index in [1.807, 2.05) is 0 Å². The largest absolute Gasteiger partial charge is 0.454 e. The van der Waals surface area contributed by atoms with E-state index in [4.69, 9.17) is 9.47 Å². The van der Waals surface area contributed by atoms with Gasteiger partial charge in [-0.25, -0.2) is 4.79 Å². The summed E-state index contributed by atoms with van der Waals surface area (Å²) in [5.74, 6) is 0.929. The van der Waals surface area contributed by atoms with E-state index in [0.717, 1.165) is 0 Å². The van der Waals surface area contributed by atoms with Crippen molar-refractivity contribution in [2.75, 3.05) is 36.6 Å². The van der Waals surface area contributed by atoms with Crippen LogP contribution in [0.25, 0.3) is 0 Å². The van der Waals surface area contributed by atoms with Gasteiger partial charge in [-0.05, 0) is 43.3 Å². The lowest BCUT2D eigenvalue weighted by Gasteiger charge is -2.18. The zero-order chi connectivity index (χ0) is 19.7. The van der Waals surface area contributed by atoms with Crippen LogP contribution in [0, 0.1) is 0 Å². The fourth-order valence-corrected chi connectivity index (χ4v) is 3.18. The second-order valence-corrected chi connectivity index (χ2v) is 6.58. The number of fused-ring (bicyclic) bond motifs is 1. The molecular formula is C20H19N3O5. The zero-order valence-corrected chi connectivity index (χ0v) is 15.3. The number of nitrogens with zero attached hydrogens (tertiary/aromatic N) is 2. The number of benzene rings is 2. The number of Topliss-reactive ketones (excluding diaryl/α,β-unsaturated/α-hetero) is 1. The summed E-state index contributed by atoms with van der Waals surface area (Å²) < 4.78 is 10.6. The Morgan fingerprint density at radius 2 is 1.79 bits per heavy atom. The lowest BCUT2D eigenvalue weighted by atomic mass is 10.1. The van der Waals surface area contributed by atoms with Crippen molar-refractivity contribution in [2.24, 2.45) is 0 Å². The number of carbonyl (C=O) groups excluding carboxylic acids is 3. The molecule has 2 heterocycles. The lowest BCUT2D eigenvalue weighted by molar-refractivity contribution is -0.116. The van der Waals surface area contributed by atoms with Crippen molar-refractivity contribution >= 4 is 29.1 Å². The van der Waals surface area contributed by atoms with Gasteiger partial charge in [0, 0.05) is 36.1 Å². The normalized spacial score (nSPS) is 15.1. The molecule has 2 aliphatic heterocycles. The molecule has 0 radical (unpaired) electrons. The molecule has 1 fully saturated rings. The van der Waals surface area contributed by atoms with Gasteiger partial charge in [0.1, 0.15) is 6.54 Å². The molecule has 0 spiro atoms. The third kappa shape index (κ3) is 3.48. The molecule has 0 atom stereocenters. The topological polar surface area (TPSA) is 88.2 Å². The second kappa shape index (κ2) is 7.22. The Bertz CT molecular complexity index is 941. The first-order valence-corrected chi connectivity index (χ1v) is 8.88. The lowest BCUT2D eigenvalue weighted by Crippen LogP contribution is -2.37. The highest BCUT2D eigenvalue weighted by molar-refractivity contribution is 6.00. The molecule has 0 aromatic heterocycles. The third-order valence-electron chi connectivity index (χ3n) is 4.67. The predicted molar refractivity (Wildman–Crippen MR) is 102 cm³/mol. The van der Waals surface area contributed by atoms with E-state index in [1.54, 1.807) is 47.4 Å². The van der Waals surface area contributed by atoms with Gasteiger partial charge < -0.3 is 19.7 Å². The molecule has 2 aromatic rings. The molecule has 8 nitrogen and oxygen atoms in total. The summed E-state index contributed by atoms with van der Waals surface area (Å²) in [6, 6.07) is 11.7. The van der Waals surface area contributed by atoms with E-state index < -0.39 is 0 Å². The first kappa shape index (κ1) is 17.8. The number of amides is 3. The quantitative estimate of drug-likeness (QED) is 0.804. The molecule has 2 aliphatic rings. The smallest absolute Gasteiger partial charge is 0.325 e. The number of rotatable bonds is 5. The van der Waals surface area contributed by atoms with Crippen LogP contribution in [0.3, 0.4) is 0 Å². The van der Waals surface area contributed by atoms with Gasteiger partial charge in [-0.1, -0.05) is 0 Å². The van der Waals surface area contributed by atoms with Crippen LogP contribution in [0.5, 0.6) is 11.5 Å². The zero-order valence-electron chi connectivity index (χ0n) is 15.3. The number of anilines is 2. The molecule has 1 saturated heterocycles. The second-order valence-electron chi connectivity index (χ2n) is 6.58. The summed E-state index contributed by atoms with van der Waals surface area (Å²) in [4.78, 5) is 39.4. The number of carbonyl (C=O) groups is 3. The fourth-order valence-electron chi connectivity index (χ4n) is 3.18. The van der Waals surface area contributed by atoms with Gasteiger partial charge in [0.2, 0.25) is 12.7 Å². The minimum atomic E-state index is -0.295. The van der Waals surface area contributed by atoms with Crippen molar-refractivity contribution < 1.29 is 23.9 Å². The summed E-state index contributed by atoms with van der Waals surface area (Å²) >= 11 is 0. The van der Waals surface area contributed by atoms with Crippen LogP contribution in [-0.2, 0) is 4.79 Å². The van der Waals surface area contributed by atoms with Crippen molar-refractivity contribution in [3.05, 3.63) is 48.0 Å². The molecule has 8 heteroatoms. The highest BCUT2D eigenvalue weighted by Crippen LogP contribution is 2.36. The maximum atomic E-state index is 12.7. The van der Waals surface area contributed by atoms with E-state index in [1.165, 1.54) is 11.8 Å². The number of ether oxygens (including phenoxy) is 2. The molecule has 1 N–H and O–H groups in total. The fraction of sp³-hybridized carbons (Fsp3) is 0.250. The van der Waals surface area contributed by atoms with Gasteiger partial charge in [-0.2, -0.15) is 0 Å². The van der Waals surface area contributed by atoms with Crippen molar-refractivity contribution in [3.8, 4) is 11.5 Å². The molecule has 28 heavy (non-hydrogen) atoms. The van der Waals surface area contributed by atoms with E-state index in [0.29, 0.717) is 41.5 Å². The van der Waals surface area contributed by atoms with Gasteiger partial charge in [-0.3, -0.25) is 14.5 Å². The first-order valence-electron chi connectivity index (χ1n) is 8.88. The number of nitrogens with one attached hydrogen (secondary N) is 1. The van der Waals surface area contributed by atoms with Gasteiger partial charge >= 0.3 is 6.03 Å². The van der Waals surface area contributed by atoms with Crippen molar-refractivity contribution in [1.29, 1.82) is 0 Å². The number of ketones is 1. The van der Waals surface area contributed by atoms with Crippen LogP contribution in [0.4, 0.5) is 16.2 Å². The van der Waals surface area contributed by atoms with Crippen molar-refractivity contribution in [2.45, 2.75) is 6.92 Å². The first-order chi connectivity index (χ1) is 13.5. The summed E-state index contributed by atoms with van der Waals surface area (Å²) in [5.41, 5.74) is 1.86. The summed E-state index contributed by atoms with van der Waals surface area (Å²) in [6.45, 7) is 2.54. The third-order valence-corrected chi connectivity index (χ3v) is 4.67. The molecule has 2 aromatic carbocycles. The molecule has 0 aliphatic carbocycles. The predicted octanol–water partition coefficient (Wildman–Crippen LogP) is 2.50. The highest BCUT2D eigenvalue weighted by atomic mass is 16.7. The Hall–Kier alpha value is -3.55. The van der Waals surface area contributed by atoms with Crippen LogP contribution in [0.15, 0.2) is 42.5 Å². The Labute approximate surface area is 161 Å². The SMILES string of the molecule is CC(=O)c1ccc(NC(=O)CN2CCN(c3ccc4c(c3)OCO4)C2=O)cc1. The maximum absolute atomic E-state index is 12.7. The molecule has 0 bridgehead atoms. The average molecular weight is 381 g/mol. The van der Waals surface area contributed by atoms with Gasteiger partial charge in [0.05, 0.1) is 0 Å². The minimum Gasteiger partial charge on any atom is -0.454 e. The molecule has 0 unspecified atom stereocenters. The standard InChI is InChI=1S/C20H19N3O5/c1-13(24)14-2-4-15(5-3-14)21-19(25)11-22-8-9-23(20(22)26)16-6-7-17-18(10-16)28-12-27-17/h2-7,10H,8-9,11-12H2,1H3,(H,21,25).